The summed E-state index contributed by atoms with van der Waals surface area (Å²) in [7, 11) is 0. The first-order chi connectivity index (χ1) is 13.3. The van der Waals surface area contributed by atoms with E-state index in [1.54, 1.807) is 6.33 Å². The summed E-state index contributed by atoms with van der Waals surface area (Å²) in [4.78, 5) is 18.2. The number of hydrogen-bond acceptors (Lipinski definition) is 5. The van der Waals surface area contributed by atoms with Crippen LogP contribution in [0.3, 0.4) is 0 Å². The Hall–Kier alpha value is -2.54. The van der Waals surface area contributed by atoms with E-state index in [2.05, 4.69) is 29.3 Å². The summed E-state index contributed by atoms with van der Waals surface area (Å²) in [6, 6.07) is 4.80. The van der Waals surface area contributed by atoms with E-state index in [-0.39, 0.29) is 5.82 Å². The van der Waals surface area contributed by atoms with Crippen molar-refractivity contribution in [3.63, 3.8) is 0 Å². The van der Waals surface area contributed by atoms with Gasteiger partial charge in [-0.1, -0.05) is 0 Å². The number of piperazine rings is 1. The van der Waals surface area contributed by atoms with Crippen LogP contribution in [-0.2, 0) is 19.4 Å². The van der Waals surface area contributed by atoms with E-state index in [1.807, 2.05) is 12.4 Å². The van der Waals surface area contributed by atoms with Crippen molar-refractivity contribution in [2.24, 2.45) is 0 Å². The van der Waals surface area contributed by atoms with Gasteiger partial charge >= 0.3 is 0 Å². The summed E-state index contributed by atoms with van der Waals surface area (Å²) < 4.78 is 15.4. The molecule has 0 spiro atoms. The Morgan fingerprint density at radius 1 is 0.963 bits per heavy atom. The maximum atomic E-state index is 13.3. The second kappa shape index (κ2) is 6.88. The van der Waals surface area contributed by atoms with Gasteiger partial charge in [-0.2, -0.15) is 0 Å². The molecule has 0 atom stereocenters. The van der Waals surface area contributed by atoms with Gasteiger partial charge in [0.2, 0.25) is 0 Å². The highest BCUT2D eigenvalue weighted by atomic mass is 19.1. The minimum Gasteiger partial charge on any atom is -0.354 e. The van der Waals surface area contributed by atoms with Gasteiger partial charge in [-0.25, -0.2) is 19.3 Å². The molecule has 3 aromatic rings. The SMILES string of the molecule is Fc1ccc2c(c1)ncn2CCN1CCN(c2ncnc3c2CCC3)CC1. The molecule has 5 rings (SSSR count). The summed E-state index contributed by atoms with van der Waals surface area (Å²) in [5.74, 6) is 0.917. The topological polar surface area (TPSA) is 50.1 Å². The molecule has 1 saturated heterocycles. The smallest absolute Gasteiger partial charge is 0.135 e. The lowest BCUT2D eigenvalue weighted by Gasteiger charge is -2.36. The number of fused-ring (bicyclic) bond motifs is 2. The van der Waals surface area contributed by atoms with Crippen LogP contribution >= 0.6 is 0 Å². The molecule has 1 fully saturated rings. The quantitative estimate of drug-likeness (QED) is 0.709. The molecule has 27 heavy (non-hydrogen) atoms. The van der Waals surface area contributed by atoms with Crippen LogP contribution in [0.15, 0.2) is 30.9 Å². The molecule has 1 aliphatic carbocycles. The first-order valence-electron chi connectivity index (χ1n) is 9.68. The lowest BCUT2D eigenvalue weighted by atomic mass is 10.2. The third kappa shape index (κ3) is 3.16. The van der Waals surface area contributed by atoms with Gasteiger partial charge in [-0.3, -0.25) is 4.90 Å². The zero-order valence-electron chi connectivity index (χ0n) is 15.3. The summed E-state index contributed by atoms with van der Waals surface area (Å²) in [6.07, 6.45) is 6.93. The van der Waals surface area contributed by atoms with Crippen molar-refractivity contribution in [3.05, 3.63) is 47.9 Å². The fourth-order valence-corrected chi connectivity index (χ4v) is 4.26. The highest BCUT2D eigenvalue weighted by Gasteiger charge is 2.24. The molecule has 2 aliphatic rings. The molecule has 7 heteroatoms. The van der Waals surface area contributed by atoms with Crippen molar-refractivity contribution in [2.75, 3.05) is 37.6 Å². The Kier molecular flexibility index (Phi) is 4.24. The fourth-order valence-electron chi connectivity index (χ4n) is 4.26. The molecule has 0 radical (unpaired) electrons. The average molecular weight is 366 g/mol. The van der Waals surface area contributed by atoms with Gasteiger partial charge in [0.05, 0.1) is 17.4 Å². The van der Waals surface area contributed by atoms with Crippen LogP contribution in [0, 0.1) is 5.82 Å². The molecule has 140 valence electrons. The van der Waals surface area contributed by atoms with Crippen molar-refractivity contribution in [1.82, 2.24) is 24.4 Å². The fraction of sp³-hybridized carbons (Fsp3) is 0.450. The molecule has 0 bridgehead atoms. The molecular weight excluding hydrogens is 343 g/mol. The predicted octanol–water partition coefficient (Wildman–Crippen LogP) is 2.28. The van der Waals surface area contributed by atoms with Crippen molar-refractivity contribution in [3.8, 4) is 0 Å². The Labute approximate surface area is 157 Å². The third-order valence-corrected chi connectivity index (χ3v) is 5.76. The van der Waals surface area contributed by atoms with E-state index in [9.17, 15) is 4.39 Å². The van der Waals surface area contributed by atoms with Crippen LogP contribution in [0.2, 0.25) is 0 Å². The zero-order valence-corrected chi connectivity index (χ0v) is 15.3. The predicted molar refractivity (Wildman–Crippen MR) is 102 cm³/mol. The standard InChI is InChI=1S/C20H23FN6/c21-15-4-5-19-18(12-15)24-14-27(19)11-8-25-6-9-26(10-7-25)20-16-2-1-3-17(16)22-13-23-20/h4-5,12-14H,1-3,6-11H2. The van der Waals surface area contributed by atoms with Crippen LogP contribution in [0.4, 0.5) is 10.2 Å². The summed E-state index contributed by atoms with van der Waals surface area (Å²) in [5.41, 5.74) is 4.32. The van der Waals surface area contributed by atoms with Gasteiger partial charge in [0.15, 0.2) is 0 Å². The second-order valence-corrected chi connectivity index (χ2v) is 7.38. The van der Waals surface area contributed by atoms with E-state index in [0.29, 0.717) is 0 Å². The van der Waals surface area contributed by atoms with Crippen molar-refractivity contribution >= 4 is 16.9 Å². The number of imidazole rings is 1. The molecule has 3 heterocycles. The maximum absolute atomic E-state index is 13.3. The molecule has 1 aliphatic heterocycles. The molecule has 1 aromatic carbocycles. The molecule has 0 saturated carbocycles. The zero-order chi connectivity index (χ0) is 18.2. The molecule has 0 N–H and O–H groups in total. The highest BCUT2D eigenvalue weighted by molar-refractivity contribution is 5.75. The third-order valence-electron chi connectivity index (χ3n) is 5.76. The lowest BCUT2D eigenvalue weighted by Crippen LogP contribution is -2.47. The molecule has 0 unspecified atom stereocenters. The van der Waals surface area contributed by atoms with Crippen LogP contribution < -0.4 is 4.90 Å². The minimum absolute atomic E-state index is 0.236. The Morgan fingerprint density at radius 3 is 2.74 bits per heavy atom. The van der Waals surface area contributed by atoms with E-state index in [4.69, 9.17) is 0 Å². The number of benzene rings is 1. The van der Waals surface area contributed by atoms with Crippen LogP contribution in [0.25, 0.3) is 11.0 Å². The summed E-state index contributed by atoms with van der Waals surface area (Å²) >= 11 is 0. The summed E-state index contributed by atoms with van der Waals surface area (Å²) in [5, 5.41) is 0. The monoisotopic (exact) mass is 366 g/mol. The molecule has 2 aromatic heterocycles. The van der Waals surface area contributed by atoms with Crippen LogP contribution in [0.1, 0.15) is 17.7 Å². The van der Waals surface area contributed by atoms with Crippen molar-refractivity contribution < 1.29 is 4.39 Å². The average Bonchev–Trinajstić information content (AvgIpc) is 3.33. The Balaban J connectivity index is 1.21. The van der Waals surface area contributed by atoms with Gasteiger partial charge in [-0.05, 0) is 31.4 Å². The second-order valence-electron chi connectivity index (χ2n) is 7.38. The number of rotatable bonds is 4. The van der Waals surface area contributed by atoms with Crippen LogP contribution in [0.5, 0.6) is 0 Å². The number of halogens is 1. The Bertz CT molecular complexity index is 960. The van der Waals surface area contributed by atoms with E-state index in [1.165, 1.54) is 29.8 Å². The van der Waals surface area contributed by atoms with Crippen molar-refractivity contribution in [1.29, 1.82) is 0 Å². The van der Waals surface area contributed by atoms with E-state index in [0.717, 1.165) is 69.0 Å². The maximum Gasteiger partial charge on any atom is 0.135 e. The number of anilines is 1. The van der Waals surface area contributed by atoms with Crippen LogP contribution in [-0.4, -0.2) is 57.1 Å². The molecule has 6 nitrogen and oxygen atoms in total. The molecule has 0 amide bonds. The first kappa shape index (κ1) is 16.6. The van der Waals surface area contributed by atoms with Gasteiger partial charge in [-0.15, -0.1) is 0 Å². The lowest BCUT2D eigenvalue weighted by molar-refractivity contribution is 0.248. The molecular formula is C20H23FN6. The normalized spacial score (nSPS) is 17.6. The minimum atomic E-state index is -0.236. The Morgan fingerprint density at radius 2 is 1.85 bits per heavy atom. The number of aromatic nitrogens is 4. The van der Waals surface area contributed by atoms with Gasteiger partial charge < -0.3 is 9.47 Å². The largest absolute Gasteiger partial charge is 0.354 e. The van der Waals surface area contributed by atoms with Gasteiger partial charge in [0.25, 0.3) is 0 Å². The van der Waals surface area contributed by atoms with Gasteiger partial charge in [0.1, 0.15) is 18.0 Å². The van der Waals surface area contributed by atoms with Crippen molar-refractivity contribution in [2.45, 2.75) is 25.8 Å². The van der Waals surface area contributed by atoms with E-state index < -0.39 is 0 Å². The first-order valence-corrected chi connectivity index (χ1v) is 9.68. The van der Waals surface area contributed by atoms with Gasteiger partial charge in [0, 0.05) is 56.6 Å². The van der Waals surface area contributed by atoms with E-state index >= 15 is 0 Å². The highest BCUT2D eigenvalue weighted by Crippen LogP contribution is 2.28. The number of hydrogen-bond donors (Lipinski definition) is 0. The summed E-state index contributed by atoms with van der Waals surface area (Å²) in [6.45, 7) is 5.89. The number of nitrogens with zero attached hydrogens (tertiary/aromatic N) is 6. The number of aryl methyl sites for hydroxylation is 1.